The molecule has 3 heterocycles. The normalized spacial score (nSPS) is 14.6. The molecule has 0 atom stereocenters. The van der Waals surface area contributed by atoms with E-state index in [4.69, 9.17) is 0 Å². The van der Waals surface area contributed by atoms with Crippen LogP contribution in [-0.2, 0) is 4.79 Å². The predicted octanol–water partition coefficient (Wildman–Crippen LogP) is 3.07. The predicted molar refractivity (Wildman–Crippen MR) is 111 cm³/mol. The molecule has 0 aliphatic carbocycles. The zero-order chi connectivity index (χ0) is 18.8. The van der Waals surface area contributed by atoms with Gasteiger partial charge in [-0.1, -0.05) is 12.1 Å². The van der Waals surface area contributed by atoms with Gasteiger partial charge in [-0.05, 0) is 37.6 Å². The Balaban J connectivity index is 1.34. The van der Waals surface area contributed by atoms with Crippen molar-refractivity contribution in [2.75, 3.05) is 42.9 Å². The van der Waals surface area contributed by atoms with Crippen LogP contribution in [0.4, 0.5) is 11.5 Å². The first-order chi connectivity index (χ1) is 13.1. The Morgan fingerprint density at radius 3 is 2.74 bits per heavy atom. The molecule has 0 spiro atoms. The van der Waals surface area contributed by atoms with Crippen LogP contribution in [0.5, 0.6) is 0 Å². The summed E-state index contributed by atoms with van der Waals surface area (Å²) in [6, 6.07) is 10.6. The van der Waals surface area contributed by atoms with Crippen molar-refractivity contribution in [3.63, 3.8) is 0 Å². The van der Waals surface area contributed by atoms with Crippen molar-refractivity contribution in [2.24, 2.45) is 0 Å². The molecule has 1 aromatic carbocycles. The number of anilines is 2. The number of hydrogen-bond donors (Lipinski definition) is 1. The standard InChI is InChI=1S/C20H23N5OS/c1-14-4-3-5-16(10-14)24-6-8-25(9-7-24)18(26)12-21-19-17-11-15(2)27-20(17)23-13-22-19/h3-5,10-11,13H,6-9,12H2,1-2H3,(H,21,22,23). The van der Waals surface area contributed by atoms with Gasteiger partial charge in [0, 0.05) is 36.7 Å². The van der Waals surface area contributed by atoms with Crippen molar-refractivity contribution in [3.05, 3.63) is 47.1 Å². The Morgan fingerprint density at radius 1 is 1.15 bits per heavy atom. The average Bonchev–Trinajstić information content (AvgIpc) is 3.07. The van der Waals surface area contributed by atoms with Crippen LogP contribution in [0.15, 0.2) is 36.7 Å². The molecule has 1 fully saturated rings. The number of nitrogens with one attached hydrogen (secondary N) is 1. The number of aromatic nitrogens is 2. The number of fused-ring (bicyclic) bond motifs is 1. The SMILES string of the molecule is Cc1cccc(N2CCN(C(=O)CNc3ncnc4sc(C)cc34)CC2)c1. The fourth-order valence-electron chi connectivity index (χ4n) is 3.43. The van der Waals surface area contributed by atoms with E-state index in [0.29, 0.717) is 0 Å². The number of carbonyl (C=O) groups is 1. The van der Waals surface area contributed by atoms with Crippen LogP contribution in [-0.4, -0.2) is 53.5 Å². The first-order valence-corrected chi connectivity index (χ1v) is 9.96. The molecule has 27 heavy (non-hydrogen) atoms. The lowest BCUT2D eigenvalue weighted by Gasteiger charge is -2.36. The molecule has 1 aliphatic heterocycles. The molecule has 6 nitrogen and oxygen atoms in total. The fourth-order valence-corrected chi connectivity index (χ4v) is 4.27. The lowest BCUT2D eigenvalue weighted by molar-refractivity contribution is -0.129. The molecule has 3 aromatic rings. The summed E-state index contributed by atoms with van der Waals surface area (Å²) in [6.45, 7) is 7.61. The number of thiophene rings is 1. The molecule has 0 unspecified atom stereocenters. The molecule has 0 radical (unpaired) electrons. The number of carbonyl (C=O) groups excluding carboxylic acids is 1. The molecular formula is C20H23N5OS. The Hall–Kier alpha value is -2.67. The van der Waals surface area contributed by atoms with Gasteiger partial charge >= 0.3 is 0 Å². The van der Waals surface area contributed by atoms with E-state index in [0.717, 1.165) is 42.2 Å². The molecular weight excluding hydrogens is 358 g/mol. The van der Waals surface area contributed by atoms with Gasteiger partial charge in [-0.3, -0.25) is 4.79 Å². The Morgan fingerprint density at radius 2 is 1.96 bits per heavy atom. The highest BCUT2D eigenvalue weighted by atomic mass is 32.1. The maximum absolute atomic E-state index is 12.6. The second-order valence-corrected chi connectivity index (χ2v) is 8.09. The van der Waals surface area contributed by atoms with Crippen LogP contribution < -0.4 is 10.2 Å². The average molecular weight is 382 g/mol. The van der Waals surface area contributed by atoms with Crippen LogP contribution >= 0.6 is 11.3 Å². The van der Waals surface area contributed by atoms with Crippen LogP contribution in [0.1, 0.15) is 10.4 Å². The molecule has 0 saturated carbocycles. The van der Waals surface area contributed by atoms with Gasteiger partial charge in [0.1, 0.15) is 17.0 Å². The summed E-state index contributed by atoms with van der Waals surface area (Å²) >= 11 is 1.64. The fraction of sp³-hybridized carbons (Fsp3) is 0.350. The lowest BCUT2D eigenvalue weighted by Crippen LogP contribution is -2.50. The van der Waals surface area contributed by atoms with E-state index in [-0.39, 0.29) is 12.5 Å². The Labute approximate surface area is 162 Å². The van der Waals surface area contributed by atoms with Crippen molar-refractivity contribution in [1.82, 2.24) is 14.9 Å². The van der Waals surface area contributed by atoms with Crippen molar-refractivity contribution >= 4 is 39.0 Å². The van der Waals surface area contributed by atoms with Gasteiger partial charge in [0.2, 0.25) is 5.91 Å². The Kier molecular flexibility index (Phi) is 4.94. The van der Waals surface area contributed by atoms with Crippen molar-refractivity contribution in [1.29, 1.82) is 0 Å². The maximum atomic E-state index is 12.6. The van der Waals surface area contributed by atoms with Gasteiger partial charge in [0.05, 0.1) is 11.9 Å². The summed E-state index contributed by atoms with van der Waals surface area (Å²) in [5.74, 6) is 0.841. The summed E-state index contributed by atoms with van der Waals surface area (Å²) in [7, 11) is 0. The first-order valence-electron chi connectivity index (χ1n) is 9.14. The lowest BCUT2D eigenvalue weighted by atomic mass is 10.2. The van der Waals surface area contributed by atoms with Gasteiger partial charge in [0.15, 0.2) is 0 Å². The van der Waals surface area contributed by atoms with Crippen molar-refractivity contribution in [2.45, 2.75) is 13.8 Å². The second-order valence-electron chi connectivity index (χ2n) is 6.86. The van der Waals surface area contributed by atoms with E-state index < -0.39 is 0 Å². The zero-order valence-corrected chi connectivity index (χ0v) is 16.4. The topological polar surface area (TPSA) is 61.4 Å². The summed E-state index contributed by atoms with van der Waals surface area (Å²) in [6.07, 6.45) is 1.55. The third-order valence-corrected chi connectivity index (χ3v) is 5.82. The zero-order valence-electron chi connectivity index (χ0n) is 15.6. The molecule has 4 rings (SSSR count). The molecule has 1 N–H and O–H groups in total. The van der Waals surface area contributed by atoms with Crippen LogP contribution in [0.25, 0.3) is 10.2 Å². The monoisotopic (exact) mass is 381 g/mol. The molecule has 2 aromatic heterocycles. The van der Waals surface area contributed by atoms with E-state index in [1.165, 1.54) is 16.1 Å². The summed E-state index contributed by atoms with van der Waals surface area (Å²) in [4.78, 5) is 27.6. The molecule has 140 valence electrons. The first kappa shape index (κ1) is 17.7. The number of benzene rings is 1. The maximum Gasteiger partial charge on any atom is 0.242 e. The van der Waals surface area contributed by atoms with E-state index in [9.17, 15) is 4.79 Å². The highest BCUT2D eigenvalue weighted by Gasteiger charge is 2.21. The number of piperazine rings is 1. The van der Waals surface area contributed by atoms with Gasteiger partial charge < -0.3 is 15.1 Å². The van der Waals surface area contributed by atoms with Crippen LogP contribution in [0.3, 0.4) is 0 Å². The van der Waals surface area contributed by atoms with E-state index in [1.54, 1.807) is 17.7 Å². The highest BCUT2D eigenvalue weighted by molar-refractivity contribution is 7.18. The van der Waals surface area contributed by atoms with Crippen molar-refractivity contribution < 1.29 is 4.79 Å². The third-order valence-electron chi connectivity index (χ3n) is 4.86. The smallest absolute Gasteiger partial charge is 0.242 e. The van der Waals surface area contributed by atoms with Gasteiger partial charge in [-0.15, -0.1) is 11.3 Å². The minimum atomic E-state index is 0.109. The summed E-state index contributed by atoms with van der Waals surface area (Å²) in [5, 5.41) is 4.18. The Bertz CT molecular complexity index is 962. The number of rotatable bonds is 4. The van der Waals surface area contributed by atoms with Gasteiger partial charge in [-0.2, -0.15) is 0 Å². The second kappa shape index (κ2) is 7.52. The largest absolute Gasteiger partial charge is 0.368 e. The number of nitrogens with zero attached hydrogens (tertiary/aromatic N) is 4. The molecule has 7 heteroatoms. The third kappa shape index (κ3) is 3.88. The minimum absolute atomic E-state index is 0.109. The molecule has 1 saturated heterocycles. The number of amides is 1. The number of hydrogen-bond acceptors (Lipinski definition) is 6. The highest BCUT2D eigenvalue weighted by Crippen LogP contribution is 2.27. The summed E-state index contributed by atoms with van der Waals surface area (Å²) in [5.41, 5.74) is 2.49. The quantitative estimate of drug-likeness (QED) is 0.753. The van der Waals surface area contributed by atoms with Crippen LogP contribution in [0.2, 0.25) is 0 Å². The molecule has 1 aliphatic rings. The van der Waals surface area contributed by atoms with Crippen molar-refractivity contribution in [3.8, 4) is 0 Å². The minimum Gasteiger partial charge on any atom is -0.368 e. The van der Waals surface area contributed by atoms with Crippen LogP contribution in [0, 0.1) is 13.8 Å². The number of aryl methyl sites for hydroxylation is 2. The molecule has 0 bridgehead atoms. The van der Waals surface area contributed by atoms with E-state index >= 15 is 0 Å². The van der Waals surface area contributed by atoms with E-state index in [1.807, 2.05) is 4.90 Å². The molecule has 1 amide bonds. The summed E-state index contributed by atoms with van der Waals surface area (Å²) < 4.78 is 0. The van der Waals surface area contributed by atoms with Gasteiger partial charge in [0.25, 0.3) is 0 Å². The van der Waals surface area contributed by atoms with E-state index in [2.05, 4.69) is 64.4 Å². The van der Waals surface area contributed by atoms with Gasteiger partial charge in [-0.25, -0.2) is 9.97 Å².